The van der Waals surface area contributed by atoms with Crippen LogP contribution in [-0.2, 0) is 14.3 Å². The third-order valence-corrected chi connectivity index (χ3v) is 9.23. The molecule has 1 fully saturated rings. The van der Waals surface area contributed by atoms with Gasteiger partial charge in [0.25, 0.3) is 0 Å². The summed E-state index contributed by atoms with van der Waals surface area (Å²) in [5.41, 5.74) is 0.495. The Hall–Kier alpha value is -1.07. The van der Waals surface area contributed by atoms with E-state index in [9.17, 15) is 35.4 Å². The molecule has 9 heteroatoms. The molecule has 6 N–H and O–H groups in total. The Bertz CT molecular complexity index is 790. The van der Waals surface area contributed by atoms with Gasteiger partial charge < -0.3 is 40.1 Å². The Morgan fingerprint density at radius 3 is 1.98 bits per heavy atom. The minimum Gasteiger partial charge on any atom is -0.455 e. The molecular weight excluding hydrogens is 564 g/mol. The van der Waals surface area contributed by atoms with E-state index in [0.717, 1.165) is 12.8 Å². The van der Waals surface area contributed by atoms with Gasteiger partial charge in [-0.05, 0) is 77.2 Å². The summed E-state index contributed by atoms with van der Waals surface area (Å²) in [4.78, 5) is 11.7. The zero-order chi connectivity index (χ0) is 32.3. The summed E-state index contributed by atoms with van der Waals surface area (Å²) in [6.07, 6.45) is 13.6. The minimum atomic E-state index is -0.857. The Morgan fingerprint density at radius 1 is 0.727 bits per heavy atom. The molecule has 2 aliphatic heterocycles. The zero-order valence-electron chi connectivity index (χ0n) is 27.5. The van der Waals surface area contributed by atoms with Crippen LogP contribution in [0, 0.1) is 0 Å². The van der Waals surface area contributed by atoms with Crippen molar-refractivity contribution in [3.05, 3.63) is 11.6 Å². The molecule has 258 valence electrons. The van der Waals surface area contributed by atoms with Crippen molar-refractivity contribution >= 4 is 5.97 Å². The van der Waals surface area contributed by atoms with Crippen molar-refractivity contribution in [1.29, 1.82) is 0 Å². The summed E-state index contributed by atoms with van der Waals surface area (Å²) in [5.74, 6) is -0.380. The monoisotopic (exact) mass is 628 g/mol. The lowest BCUT2D eigenvalue weighted by Crippen LogP contribution is -2.31. The fourth-order valence-corrected chi connectivity index (χ4v) is 6.50. The van der Waals surface area contributed by atoms with Crippen molar-refractivity contribution in [1.82, 2.24) is 0 Å². The maximum Gasteiger partial charge on any atom is 0.334 e. The highest BCUT2D eigenvalue weighted by Gasteiger charge is 2.33. The molecule has 2 rings (SSSR count). The number of rotatable bonds is 26. The van der Waals surface area contributed by atoms with Gasteiger partial charge in [0.2, 0.25) is 0 Å². The maximum absolute atomic E-state index is 11.7. The molecule has 0 saturated carbocycles. The largest absolute Gasteiger partial charge is 0.455 e. The lowest BCUT2D eigenvalue weighted by Gasteiger charge is -2.23. The molecular formula is C35H64O9. The first-order chi connectivity index (χ1) is 21.1. The topological polar surface area (TPSA) is 157 Å². The molecule has 2 heterocycles. The van der Waals surface area contributed by atoms with Gasteiger partial charge in [0.15, 0.2) is 0 Å². The lowest BCUT2D eigenvalue weighted by molar-refractivity contribution is -0.139. The van der Waals surface area contributed by atoms with E-state index in [1.807, 2.05) is 0 Å². The Morgan fingerprint density at radius 2 is 1.34 bits per heavy atom. The van der Waals surface area contributed by atoms with E-state index in [4.69, 9.17) is 9.47 Å². The molecule has 0 amide bonds. The molecule has 0 aromatic rings. The molecule has 2 unspecified atom stereocenters. The number of ether oxygens (including phenoxy) is 2. The fraction of sp³-hybridized carbons (Fsp3) is 0.914. The highest BCUT2D eigenvalue weighted by atomic mass is 16.5. The van der Waals surface area contributed by atoms with Gasteiger partial charge in [-0.3, -0.25) is 0 Å². The molecule has 0 aromatic heterocycles. The number of aliphatic hydroxyl groups is 6. The predicted molar refractivity (Wildman–Crippen MR) is 171 cm³/mol. The summed E-state index contributed by atoms with van der Waals surface area (Å²) >= 11 is 0. The van der Waals surface area contributed by atoms with Gasteiger partial charge in [0.1, 0.15) is 6.10 Å². The van der Waals surface area contributed by atoms with Gasteiger partial charge >= 0.3 is 5.97 Å². The summed E-state index contributed by atoms with van der Waals surface area (Å²) < 4.78 is 11.0. The normalized spacial score (nSPS) is 24.5. The average Bonchev–Trinajstić information content (AvgIpc) is 3.57. The first-order valence-electron chi connectivity index (χ1n) is 17.7. The molecule has 0 spiro atoms. The van der Waals surface area contributed by atoms with Crippen LogP contribution in [0.1, 0.15) is 149 Å². The first-order valence-corrected chi connectivity index (χ1v) is 17.7. The van der Waals surface area contributed by atoms with E-state index in [2.05, 4.69) is 6.92 Å². The second-order valence-electron chi connectivity index (χ2n) is 13.5. The number of unbranched alkanes of at least 4 members (excludes halogenated alkanes) is 9. The van der Waals surface area contributed by atoms with Crippen LogP contribution < -0.4 is 0 Å². The maximum atomic E-state index is 11.7. The Kier molecular flexibility index (Phi) is 20.0. The molecule has 44 heavy (non-hydrogen) atoms. The Labute approximate surface area is 266 Å². The smallest absolute Gasteiger partial charge is 0.334 e. The van der Waals surface area contributed by atoms with Crippen molar-refractivity contribution in [2.75, 3.05) is 0 Å². The second kappa shape index (κ2) is 22.5. The minimum absolute atomic E-state index is 0.202. The summed E-state index contributed by atoms with van der Waals surface area (Å²) in [7, 11) is 0. The van der Waals surface area contributed by atoms with Crippen LogP contribution in [0.25, 0.3) is 0 Å². The molecule has 0 aliphatic carbocycles. The van der Waals surface area contributed by atoms with Crippen LogP contribution in [-0.4, -0.2) is 91.5 Å². The first kappa shape index (κ1) is 39.1. The molecule has 9 atom stereocenters. The van der Waals surface area contributed by atoms with Crippen LogP contribution in [0.5, 0.6) is 0 Å². The van der Waals surface area contributed by atoms with Gasteiger partial charge in [-0.2, -0.15) is 0 Å². The summed E-state index contributed by atoms with van der Waals surface area (Å²) in [6, 6.07) is 0. The van der Waals surface area contributed by atoms with E-state index in [1.54, 1.807) is 13.0 Å². The number of cyclic esters (lactones) is 1. The number of hydrogen-bond donors (Lipinski definition) is 6. The van der Waals surface area contributed by atoms with Crippen molar-refractivity contribution in [3.63, 3.8) is 0 Å². The third-order valence-electron chi connectivity index (χ3n) is 9.23. The van der Waals surface area contributed by atoms with E-state index in [1.165, 1.54) is 51.4 Å². The molecule has 0 aromatic carbocycles. The second-order valence-corrected chi connectivity index (χ2v) is 13.5. The van der Waals surface area contributed by atoms with Gasteiger partial charge in [0, 0.05) is 12.0 Å². The SMILES string of the molecule is CCCCCCCCCCCC[C@H](O)[C@@H](O)CC[C@H](O)[C@@H]1CC[C@@H](C[C@@H](O)C[C@@H](O)CCCC(O)CC2=CC(C)OC2=O)O1. The van der Waals surface area contributed by atoms with Crippen molar-refractivity contribution in [3.8, 4) is 0 Å². The highest BCUT2D eigenvalue weighted by Crippen LogP contribution is 2.29. The van der Waals surface area contributed by atoms with E-state index in [0.29, 0.717) is 63.4 Å². The number of carbonyl (C=O) groups is 1. The molecule has 9 nitrogen and oxygen atoms in total. The molecule has 0 radical (unpaired) electrons. The Balaban J connectivity index is 1.50. The van der Waals surface area contributed by atoms with Crippen molar-refractivity contribution in [2.45, 2.75) is 204 Å². The summed E-state index contributed by atoms with van der Waals surface area (Å²) in [5, 5.41) is 62.4. The molecule has 1 saturated heterocycles. The van der Waals surface area contributed by atoms with E-state index in [-0.39, 0.29) is 37.1 Å². The zero-order valence-corrected chi connectivity index (χ0v) is 27.5. The van der Waals surface area contributed by atoms with E-state index >= 15 is 0 Å². The van der Waals surface area contributed by atoms with Crippen LogP contribution in [0.3, 0.4) is 0 Å². The average molecular weight is 629 g/mol. The van der Waals surface area contributed by atoms with Crippen LogP contribution in [0.15, 0.2) is 11.6 Å². The summed E-state index contributed by atoms with van der Waals surface area (Å²) in [6.45, 7) is 4.01. The lowest BCUT2D eigenvalue weighted by atomic mass is 9.97. The van der Waals surface area contributed by atoms with Gasteiger partial charge in [-0.15, -0.1) is 0 Å². The predicted octanol–water partition coefficient (Wildman–Crippen LogP) is 5.00. The number of carbonyl (C=O) groups excluding carboxylic acids is 1. The van der Waals surface area contributed by atoms with Gasteiger partial charge in [0.05, 0.1) is 48.8 Å². The van der Waals surface area contributed by atoms with Crippen LogP contribution in [0.2, 0.25) is 0 Å². The quantitative estimate of drug-likeness (QED) is 0.0573. The number of hydrogen-bond acceptors (Lipinski definition) is 9. The molecule has 2 aliphatic rings. The number of esters is 1. The van der Waals surface area contributed by atoms with E-state index < -0.39 is 36.6 Å². The molecule has 0 bridgehead atoms. The van der Waals surface area contributed by atoms with Crippen LogP contribution >= 0.6 is 0 Å². The highest BCUT2D eigenvalue weighted by molar-refractivity contribution is 5.90. The third kappa shape index (κ3) is 16.5. The fourth-order valence-electron chi connectivity index (χ4n) is 6.50. The van der Waals surface area contributed by atoms with Crippen LogP contribution in [0.4, 0.5) is 0 Å². The van der Waals surface area contributed by atoms with Crippen molar-refractivity contribution < 1.29 is 44.9 Å². The van der Waals surface area contributed by atoms with Crippen molar-refractivity contribution in [2.24, 2.45) is 0 Å². The van der Waals surface area contributed by atoms with Gasteiger partial charge in [-0.25, -0.2) is 4.79 Å². The number of aliphatic hydroxyl groups excluding tert-OH is 6. The van der Waals surface area contributed by atoms with Gasteiger partial charge in [-0.1, -0.05) is 71.1 Å². The standard InChI is InChI=1S/C35H64O9/c1-3-4-5-6-7-8-9-10-11-12-16-31(39)32(40)18-19-33(41)34-20-17-30(44-34)24-29(38)23-28(37)15-13-14-27(36)22-26-21-25(2)43-35(26)42/h21,25,27-34,36-41H,3-20,22-24H2,1-2H3/t25?,27?,28-,29-,30-,31-,32-,33-,34-/m0/s1.